The van der Waals surface area contributed by atoms with Crippen LogP contribution in [0.25, 0.3) is 0 Å². The minimum absolute atomic E-state index is 0.531. The van der Waals surface area contributed by atoms with E-state index >= 15 is 0 Å². The van der Waals surface area contributed by atoms with E-state index in [0.29, 0.717) is 6.54 Å². The lowest BCUT2D eigenvalue weighted by atomic mass is 10.3. The van der Waals surface area contributed by atoms with E-state index < -0.39 is 10.2 Å². The molecule has 1 N–H and O–H groups in total. The van der Waals surface area contributed by atoms with Gasteiger partial charge in [0.05, 0.1) is 0 Å². The summed E-state index contributed by atoms with van der Waals surface area (Å²) in [5.41, 5.74) is 0. The molecule has 0 amide bonds. The number of nitrogens with one attached hydrogen (secondary N) is 1. The van der Waals surface area contributed by atoms with E-state index in [-0.39, 0.29) is 0 Å². The molecule has 0 fully saturated rings. The standard InChI is InChI=1S/C6H15IN2O2S/c1-9(2)12(10,11)8-6-4-3-5-7/h8H,3-6H2,1-2H3. The van der Waals surface area contributed by atoms with E-state index in [2.05, 4.69) is 27.3 Å². The van der Waals surface area contributed by atoms with Gasteiger partial charge >= 0.3 is 0 Å². The normalized spacial score (nSPS) is 12.3. The van der Waals surface area contributed by atoms with E-state index in [9.17, 15) is 8.42 Å². The Hall–Kier alpha value is 0.600. The van der Waals surface area contributed by atoms with Crippen molar-refractivity contribution in [1.29, 1.82) is 0 Å². The molecule has 0 aromatic carbocycles. The molecule has 0 rings (SSSR count). The maximum absolute atomic E-state index is 11.1. The van der Waals surface area contributed by atoms with E-state index in [1.54, 1.807) is 0 Å². The van der Waals surface area contributed by atoms with Crippen molar-refractivity contribution in [3.8, 4) is 0 Å². The molecule has 0 saturated carbocycles. The van der Waals surface area contributed by atoms with Crippen LogP contribution < -0.4 is 4.72 Å². The first-order valence-corrected chi connectivity index (χ1v) is 6.70. The van der Waals surface area contributed by atoms with Gasteiger partial charge in [0, 0.05) is 20.6 Å². The number of rotatable bonds is 6. The van der Waals surface area contributed by atoms with Gasteiger partial charge in [-0.05, 0) is 17.3 Å². The number of nitrogens with zero attached hydrogens (tertiary/aromatic N) is 1. The first kappa shape index (κ1) is 12.6. The summed E-state index contributed by atoms with van der Waals surface area (Å²) in [5, 5.41) is 0. The lowest BCUT2D eigenvalue weighted by Crippen LogP contribution is -2.36. The molecule has 0 saturated heterocycles. The summed E-state index contributed by atoms with van der Waals surface area (Å²) in [6.45, 7) is 0.531. The second kappa shape index (κ2) is 6.11. The largest absolute Gasteiger partial charge is 0.278 e. The Morgan fingerprint density at radius 2 is 1.92 bits per heavy atom. The lowest BCUT2D eigenvalue weighted by Gasteiger charge is -2.11. The lowest BCUT2D eigenvalue weighted by molar-refractivity contribution is 0.504. The van der Waals surface area contributed by atoms with Crippen LogP contribution in [0.4, 0.5) is 0 Å². The summed E-state index contributed by atoms with van der Waals surface area (Å²) in [4.78, 5) is 0. The SMILES string of the molecule is CN(C)S(=O)(=O)NCCCCI. The zero-order chi connectivity index (χ0) is 9.61. The molecule has 0 unspecified atom stereocenters. The molecule has 0 heterocycles. The molecular formula is C6H15IN2O2S. The van der Waals surface area contributed by atoms with Crippen molar-refractivity contribution in [2.45, 2.75) is 12.8 Å². The Kier molecular flexibility index (Phi) is 6.42. The van der Waals surface area contributed by atoms with Crippen LogP contribution in [0.5, 0.6) is 0 Å². The Morgan fingerprint density at radius 1 is 1.33 bits per heavy atom. The molecule has 0 bridgehead atoms. The van der Waals surface area contributed by atoms with Crippen molar-refractivity contribution in [2.24, 2.45) is 0 Å². The van der Waals surface area contributed by atoms with Gasteiger partial charge in [0.15, 0.2) is 0 Å². The fourth-order valence-corrected chi connectivity index (χ4v) is 1.75. The molecule has 0 radical (unpaired) electrons. The Labute approximate surface area is 88.0 Å². The fourth-order valence-electron chi connectivity index (χ4n) is 0.550. The van der Waals surface area contributed by atoms with Crippen LogP contribution in [0, 0.1) is 0 Å². The third-order valence-corrected chi connectivity index (χ3v) is 3.62. The van der Waals surface area contributed by atoms with Crippen LogP contribution in [-0.4, -0.2) is 37.8 Å². The molecule has 74 valence electrons. The molecule has 0 aliphatic carbocycles. The smallest absolute Gasteiger partial charge is 0.202 e. The topological polar surface area (TPSA) is 49.4 Å². The van der Waals surface area contributed by atoms with Gasteiger partial charge in [-0.1, -0.05) is 22.6 Å². The highest BCUT2D eigenvalue weighted by Gasteiger charge is 2.10. The fraction of sp³-hybridized carbons (Fsp3) is 1.00. The molecule has 0 spiro atoms. The molecule has 4 nitrogen and oxygen atoms in total. The van der Waals surface area contributed by atoms with Gasteiger partial charge in [-0.2, -0.15) is 12.7 Å². The third kappa shape index (κ3) is 5.28. The van der Waals surface area contributed by atoms with E-state index in [0.717, 1.165) is 17.3 Å². The summed E-state index contributed by atoms with van der Waals surface area (Å²) in [6.07, 6.45) is 1.95. The number of hydrogen-bond donors (Lipinski definition) is 1. The highest BCUT2D eigenvalue weighted by molar-refractivity contribution is 14.1. The van der Waals surface area contributed by atoms with Gasteiger partial charge < -0.3 is 0 Å². The van der Waals surface area contributed by atoms with Crippen molar-refractivity contribution >= 4 is 32.8 Å². The average Bonchev–Trinajstić information content (AvgIpc) is 1.98. The molecule has 0 aromatic rings. The van der Waals surface area contributed by atoms with Gasteiger partial charge in [0.25, 0.3) is 10.2 Å². The molecular weight excluding hydrogens is 291 g/mol. The van der Waals surface area contributed by atoms with E-state index in [1.807, 2.05) is 0 Å². The van der Waals surface area contributed by atoms with Gasteiger partial charge in [0.1, 0.15) is 0 Å². The van der Waals surface area contributed by atoms with Crippen molar-refractivity contribution in [2.75, 3.05) is 25.1 Å². The van der Waals surface area contributed by atoms with Crippen molar-refractivity contribution < 1.29 is 8.42 Å². The Balaban J connectivity index is 3.63. The van der Waals surface area contributed by atoms with E-state index in [1.165, 1.54) is 18.4 Å². The van der Waals surface area contributed by atoms with Crippen LogP contribution in [0.3, 0.4) is 0 Å². The van der Waals surface area contributed by atoms with Gasteiger partial charge in [0.2, 0.25) is 0 Å². The quantitative estimate of drug-likeness (QED) is 0.444. The van der Waals surface area contributed by atoms with Crippen LogP contribution >= 0.6 is 22.6 Å². The van der Waals surface area contributed by atoms with Crippen LogP contribution in [0.2, 0.25) is 0 Å². The van der Waals surface area contributed by atoms with Crippen LogP contribution in [0.1, 0.15) is 12.8 Å². The second-order valence-corrected chi connectivity index (χ2v) is 5.63. The van der Waals surface area contributed by atoms with Gasteiger partial charge in [-0.3, -0.25) is 0 Å². The summed E-state index contributed by atoms with van der Waals surface area (Å²) < 4.78 is 26.9. The molecule has 0 atom stereocenters. The molecule has 6 heteroatoms. The monoisotopic (exact) mass is 306 g/mol. The molecule has 12 heavy (non-hydrogen) atoms. The molecule has 0 aliphatic heterocycles. The van der Waals surface area contributed by atoms with Gasteiger partial charge in [-0.25, -0.2) is 4.72 Å². The average molecular weight is 306 g/mol. The highest BCUT2D eigenvalue weighted by Crippen LogP contribution is 1.94. The summed E-state index contributed by atoms with van der Waals surface area (Å²) >= 11 is 2.27. The first-order chi connectivity index (χ1) is 5.50. The minimum atomic E-state index is -3.20. The predicted molar refractivity (Wildman–Crippen MR) is 58.7 cm³/mol. The van der Waals surface area contributed by atoms with Crippen molar-refractivity contribution in [3.63, 3.8) is 0 Å². The second-order valence-electron chi connectivity index (χ2n) is 2.58. The summed E-state index contributed by atoms with van der Waals surface area (Å²) in [7, 11) is -0.169. The highest BCUT2D eigenvalue weighted by atomic mass is 127. The predicted octanol–water partition coefficient (Wildman–Crippen LogP) is 0.598. The maximum atomic E-state index is 11.1. The van der Waals surface area contributed by atoms with Crippen molar-refractivity contribution in [3.05, 3.63) is 0 Å². The zero-order valence-electron chi connectivity index (χ0n) is 7.38. The zero-order valence-corrected chi connectivity index (χ0v) is 10.4. The minimum Gasteiger partial charge on any atom is -0.202 e. The van der Waals surface area contributed by atoms with Gasteiger partial charge in [-0.15, -0.1) is 0 Å². The summed E-state index contributed by atoms with van der Waals surface area (Å²) in [6, 6.07) is 0. The van der Waals surface area contributed by atoms with E-state index in [4.69, 9.17) is 0 Å². The first-order valence-electron chi connectivity index (χ1n) is 3.74. The molecule has 0 aliphatic rings. The Bertz CT molecular complexity index is 204. The Morgan fingerprint density at radius 3 is 2.33 bits per heavy atom. The number of alkyl halides is 1. The maximum Gasteiger partial charge on any atom is 0.278 e. The number of hydrogen-bond acceptors (Lipinski definition) is 2. The van der Waals surface area contributed by atoms with Crippen LogP contribution in [0.15, 0.2) is 0 Å². The van der Waals surface area contributed by atoms with Crippen molar-refractivity contribution in [1.82, 2.24) is 9.03 Å². The number of unbranched alkanes of at least 4 members (excludes halogenated alkanes) is 1. The van der Waals surface area contributed by atoms with Crippen LogP contribution in [-0.2, 0) is 10.2 Å². The third-order valence-electron chi connectivity index (χ3n) is 1.33. The number of halogens is 1. The summed E-state index contributed by atoms with van der Waals surface area (Å²) in [5.74, 6) is 0. The molecule has 0 aromatic heterocycles.